The van der Waals surface area contributed by atoms with E-state index in [0.29, 0.717) is 19.2 Å². The van der Waals surface area contributed by atoms with Crippen molar-refractivity contribution in [2.24, 2.45) is 0 Å². The summed E-state index contributed by atoms with van der Waals surface area (Å²) >= 11 is 0. The van der Waals surface area contributed by atoms with Gasteiger partial charge in [0, 0.05) is 36.5 Å². The number of aromatic hydroxyl groups is 1. The number of piperidine rings is 1. The minimum atomic E-state index is -0.861. The van der Waals surface area contributed by atoms with Crippen molar-refractivity contribution >= 4 is 17.5 Å². The summed E-state index contributed by atoms with van der Waals surface area (Å²) in [4.78, 5) is 26.2. The normalized spacial score (nSPS) is 14.2. The van der Waals surface area contributed by atoms with Gasteiger partial charge in [-0.1, -0.05) is 0 Å². The molecule has 1 fully saturated rings. The number of likely N-dealkylation sites (tertiary alicyclic amines) is 1. The first kappa shape index (κ1) is 17.8. The summed E-state index contributed by atoms with van der Waals surface area (Å²) in [6, 6.07) is 6.62. The van der Waals surface area contributed by atoms with Gasteiger partial charge in [0.1, 0.15) is 17.4 Å². The Morgan fingerprint density at radius 3 is 2.23 bits per heavy atom. The molecule has 0 spiro atoms. The Morgan fingerprint density at radius 1 is 0.962 bits per heavy atom. The van der Waals surface area contributed by atoms with E-state index in [4.69, 9.17) is 0 Å². The number of benzene rings is 2. The van der Waals surface area contributed by atoms with Gasteiger partial charge < -0.3 is 15.3 Å². The number of amides is 2. The number of rotatable bonds is 3. The van der Waals surface area contributed by atoms with Crippen molar-refractivity contribution in [1.82, 2.24) is 4.90 Å². The van der Waals surface area contributed by atoms with Crippen LogP contribution >= 0.6 is 0 Å². The van der Waals surface area contributed by atoms with E-state index in [1.807, 2.05) is 0 Å². The van der Waals surface area contributed by atoms with E-state index >= 15 is 0 Å². The lowest BCUT2D eigenvalue weighted by Gasteiger charge is -2.27. The van der Waals surface area contributed by atoms with Gasteiger partial charge in [-0.2, -0.15) is 0 Å². The fourth-order valence-corrected chi connectivity index (χ4v) is 2.95. The average molecular weight is 360 g/mol. The van der Waals surface area contributed by atoms with Crippen LogP contribution < -0.4 is 5.32 Å². The summed E-state index contributed by atoms with van der Waals surface area (Å²) in [6.45, 7) is 1.31. The van der Waals surface area contributed by atoms with Crippen LogP contribution in [0.25, 0.3) is 0 Å². The standard InChI is InChI=1S/C19H18F2N2O3/c20-13-8-12(9-14(21)10-13)18(25)22-15-4-5-16(17(24)11-15)19(26)23-6-2-1-3-7-23/h4-5,8-11,24H,1-3,6-7H2,(H,22,25). The Kier molecular flexibility index (Phi) is 5.16. The molecule has 2 amide bonds. The molecule has 0 unspecified atom stereocenters. The molecule has 0 aliphatic carbocycles. The number of halogens is 2. The van der Waals surface area contributed by atoms with Gasteiger partial charge in [-0.3, -0.25) is 9.59 Å². The second-order valence-corrected chi connectivity index (χ2v) is 6.20. The van der Waals surface area contributed by atoms with Gasteiger partial charge in [0.2, 0.25) is 0 Å². The molecule has 2 aromatic carbocycles. The van der Waals surface area contributed by atoms with Gasteiger partial charge in [-0.15, -0.1) is 0 Å². The van der Waals surface area contributed by atoms with Crippen LogP contribution in [0.1, 0.15) is 40.0 Å². The first-order chi connectivity index (χ1) is 12.4. The van der Waals surface area contributed by atoms with Crippen molar-refractivity contribution in [3.63, 3.8) is 0 Å². The SMILES string of the molecule is O=C(Nc1ccc(C(=O)N2CCCCC2)c(O)c1)c1cc(F)cc(F)c1. The van der Waals surface area contributed by atoms with Crippen molar-refractivity contribution in [3.8, 4) is 5.75 Å². The molecule has 7 heteroatoms. The zero-order chi connectivity index (χ0) is 18.7. The first-order valence-electron chi connectivity index (χ1n) is 8.34. The lowest BCUT2D eigenvalue weighted by molar-refractivity contribution is 0.0721. The molecule has 1 heterocycles. The minimum Gasteiger partial charge on any atom is -0.507 e. The molecule has 1 aliphatic rings. The second-order valence-electron chi connectivity index (χ2n) is 6.20. The Morgan fingerprint density at radius 2 is 1.62 bits per heavy atom. The highest BCUT2D eigenvalue weighted by atomic mass is 19.1. The summed E-state index contributed by atoms with van der Waals surface area (Å²) in [7, 11) is 0. The van der Waals surface area contributed by atoms with Crippen LogP contribution in [0.2, 0.25) is 0 Å². The molecule has 0 aromatic heterocycles. The summed E-state index contributed by atoms with van der Waals surface area (Å²) < 4.78 is 26.4. The molecule has 0 saturated carbocycles. The van der Waals surface area contributed by atoms with E-state index in [2.05, 4.69) is 5.32 Å². The zero-order valence-corrected chi connectivity index (χ0v) is 14.0. The summed E-state index contributed by atoms with van der Waals surface area (Å²) in [5, 5.41) is 12.6. The molecule has 0 radical (unpaired) electrons. The molecule has 0 atom stereocenters. The lowest BCUT2D eigenvalue weighted by Crippen LogP contribution is -2.35. The number of phenols is 1. The highest BCUT2D eigenvalue weighted by molar-refractivity contribution is 6.05. The zero-order valence-electron chi connectivity index (χ0n) is 14.0. The quantitative estimate of drug-likeness (QED) is 0.879. The van der Waals surface area contributed by atoms with Gasteiger partial charge in [-0.25, -0.2) is 8.78 Å². The summed E-state index contributed by atoms with van der Waals surface area (Å²) in [6.07, 6.45) is 2.96. The van der Waals surface area contributed by atoms with E-state index < -0.39 is 17.5 Å². The first-order valence-corrected chi connectivity index (χ1v) is 8.34. The Balaban J connectivity index is 1.74. The van der Waals surface area contributed by atoms with Gasteiger partial charge >= 0.3 is 0 Å². The number of nitrogens with zero attached hydrogens (tertiary/aromatic N) is 1. The number of carbonyl (C=O) groups excluding carboxylic acids is 2. The van der Waals surface area contributed by atoms with Crippen molar-refractivity contribution in [2.75, 3.05) is 18.4 Å². The van der Waals surface area contributed by atoms with E-state index in [1.54, 1.807) is 4.90 Å². The smallest absolute Gasteiger partial charge is 0.257 e. The van der Waals surface area contributed by atoms with E-state index in [1.165, 1.54) is 18.2 Å². The number of nitrogens with one attached hydrogen (secondary N) is 1. The van der Waals surface area contributed by atoms with Crippen molar-refractivity contribution in [1.29, 1.82) is 0 Å². The topological polar surface area (TPSA) is 69.6 Å². The third kappa shape index (κ3) is 3.99. The monoisotopic (exact) mass is 360 g/mol. The van der Waals surface area contributed by atoms with Crippen LogP contribution in [0.5, 0.6) is 5.75 Å². The predicted molar refractivity (Wildman–Crippen MR) is 92.2 cm³/mol. The molecule has 3 rings (SSSR count). The lowest BCUT2D eigenvalue weighted by atomic mass is 10.1. The molecule has 1 saturated heterocycles. The fourth-order valence-electron chi connectivity index (χ4n) is 2.95. The molecule has 26 heavy (non-hydrogen) atoms. The second kappa shape index (κ2) is 7.51. The molecule has 2 N–H and O–H groups in total. The maximum atomic E-state index is 13.2. The van der Waals surface area contributed by atoms with Crippen LogP contribution in [0.3, 0.4) is 0 Å². The Hall–Kier alpha value is -2.96. The van der Waals surface area contributed by atoms with Crippen LogP contribution in [0.15, 0.2) is 36.4 Å². The van der Waals surface area contributed by atoms with Crippen LogP contribution in [-0.4, -0.2) is 34.9 Å². The maximum absolute atomic E-state index is 13.2. The summed E-state index contributed by atoms with van der Waals surface area (Å²) in [5.41, 5.74) is 0.185. The predicted octanol–water partition coefficient (Wildman–Crippen LogP) is 3.55. The van der Waals surface area contributed by atoms with Gasteiger partial charge in [-0.05, 0) is 43.5 Å². The van der Waals surface area contributed by atoms with Crippen LogP contribution in [0, 0.1) is 11.6 Å². The molecular formula is C19H18F2N2O3. The third-order valence-corrected chi connectivity index (χ3v) is 4.25. The van der Waals surface area contributed by atoms with Gasteiger partial charge in [0.15, 0.2) is 0 Å². The largest absolute Gasteiger partial charge is 0.507 e. The number of phenolic OH excluding ortho intramolecular Hbond substituents is 1. The highest BCUT2D eigenvalue weighted by Gasteiger charge is 2.21. The van der Waals surface area contributed by atoms with Crippen LogP contribution in [0.4, 0.5) is 14.5 Å². The van der Waals surface area contributed by atoms with E-state index in [0.717, 1.165) is 31.4 Å². The van der Waals surface area contributed by atoms with Gasteiger partial charge in [0.25, 0.3) is 11.8 Å². The molecular weight excluding hydrogens is 342 g/mol. The Bertz CT molecular complexity index is 828. The minimum absolute atomic E-state index is 0.154. The van der Waals surface area contributed by atoms with Crippen molar-refractivity contribution in [2.45, 2.75) is 19.3 Å². The molecule has 2 aromatic rings. The third-order valence-electron chi connectivity index (χ3n) is 4.25. The van der Waals surface area contributed by atoms with E-state index in [-0.39, 0.29) is 28.5 Å². The molecule has 136 valence electrons. The molecule has 1 aliphatic heterocycles. The number of carbonyl (C=O) groups is 2. The van der Waals surface area contributed by atoms with Crippen molar-refractivity contribution in [3.05, 3.63) is 59.2 Å². The fraction of sp³-hybridized carbons (Fsp3) is 0.263. The maximum Gasteiger partial charge on any atom is 0.257 e. The number of hydrogen-bond donors (Lipinski definition) is 2. The Labute approximate surface area is 149 Å². The van der Waals surface area contributed by atoms with E-state index in [9.17, 15) is 23.5 Å². The van der Waals surface area contributed by atoms with Crippen LogP contribution in [-0.2, 0) is 0 Å². The highest BCUT2D eigenvalue weighted by Crippen LogP contribution is 2.25. The van der Waals surface area contributed by atoms with Gasteiger partial charge in [0.05, 0.1) is 5.56 Å². The number of hydrogen-bond acceptors (Lipinski definition) is 3. The van der Waals surface area contributed by atoms with Crippen molar-refractivity contribution < 1.29 is 23.5 Å². The molecule has 0 bridgehead atoms. The number of anilines is 1. The summed E-state index contributed by atoms with van der Waals surface area (Å²) in [5.74, 6) is -2.96. The average Bonchev–Trinajstić information content (AvgIpc) is 2.61. The molecule has 5 nitrogen and oxygen atoms in total.